The molecule has 2 amide bonds. The number of carbonyl (C=O) groups excluding carboxylic acids is 2. The highest BCUT2D eigenvalue weighted by molar-refractivity contribution is 6.00. The number of hydrogen-bond acceptors (Lipinski definition) is 3. The summed E-state index contributed by atoms with van der Waals surface area (Å²) in [6, 6.07) is 4.68. The number of benzene rings is 1. The fourth-order valence-electron chi connectivity index (χ4n) is 1.99. The van der Waals surface area contributed by atoms with Gasteiger partial charge in [0.1, 0.15) is 0 Å². The lowest BCUT2D eigenvalue weighted by Gasteiger charge is -2.16. The normalized spacial score (nSPS) is 12.1. The largest absolute Gasteiger partial charge is 0.355 e. The number of anilines is 1. The van der Waals surface area contributed by atoms with Crippen LogP contribution in [0.25, 0.3) is 0 Å². The van der Waals surface area contributed by atoms with Crippen molar-refractivity contribution in [3.63, 3.8) is 0 Å². The Morgan fingerprint density at radius 1 is 1.30 bits per heavy atom. The zero-order valence-corrected chi connectivity index (χ0v) is 12.5. The molecular weight excluding hydrogens is 254 g/mol. The van der Waals surface area contributed by atoms with E-state index < -0.39 is 6.04 Å². The van der Waals surface area contributed by atoms with E-state index in [2.05, 4.69) is 10.6 Å². The van der Waals surface area contributed by atoms with Gasteiger partial charge in [-0.1, -0.05) is 19.9 Å². The predicted octanol–water partition coefficient (Wildman–Crippen LogP) is 1.67. The van der Waals surface area contributed by atoms with E-state index in [9.17, 15) is 9.59 Å². The number of nitrogens with one attached hydrogen (secondary N) is 2. The molecule has 0 bridgehead atoms. The van der Waals surface area contributed by atoms with Gasteiger partial charge in [0.25, 0.3) is 5.91 Å². The van der Waals surface area contributed by atoms with Crippen molar-refractivity contribution in [3.05, 3.63) is 29.3 Å². The fourth-order valence-corrected chi connectivity index (χ4v) is 1.99. The quantitative estimate of drug-likeness (QED) is 0.765. The molecule has 1 aromatic carbocycles. The van der Waals surface area contributed by atoms with Gasteiger partial charge in [0.15, 0.2) is 0 Å². The molecule has 0 saturated carbocycles. The number of nitrogens with two attached hydrogens (primary N) is 1. The summed E-state index contributed by atoms with van der Waals surface area (Å²) in [5.41, 5.74) is 7.75. The van der Waals surface area contributed by atoms with Crippen molar-refractivity contribution in [2.24, 2.45) is 11.7 Å². The van der Waals surface area contributed by atoms with E-state index in [4.69, 9.17) is 5.73 Å². The standard InChI is InChI=1S/C15H23N3O2/c1-9(2)8-12(16)15(20)18-13-7-5-6-11(10(13)3)14(19)17-4/h5-7,9,12H,8,16H2,1-4H3,(H,17,19)(H,18,20)/t12-/m0/s1. The zero-order chi connectivity index (χ0) is 15.3. The topological polar surface area (TPSA) is 84.2 Å². The van der Waals surface area contributed by atoms with E-state index in [-0.39, 0.29) is 11.8 Å². The Kier molecular flexibility index (Phi) is 5.70. The number of hydrogen-bond donors (Lipinski definition) is 3. The van der Waals surface area contributed by atoms with Crippen molar-refractivity contribution in [2.75, 3.05) is 12.4 Å². The van der Waals surface area contributed by atoms with Crippen LogP contribution in [0.2, 0.25) is 0 Å². The molecule has 0 unspecified atom stereocenters. The molecule has 0 saturated heterocycles. The van der Waals surface area contributed by atoms with Crippen molar-refractivity contribution in [2.45, 2.75) is 33.2 Å². The third kappa shape index (κ3) is 4.06. The highest BCUT2D eigenvalue weighted by Crippen LogP contribution is 2.19. The molecule has 0 aromatic heterocycles. The Hall–Kier alpha value is -1.88. The van der Waals surface area contributed by atoms with Gasteiger partial charge in [-0.15, -0.1) is 0 Å². The Labute approximate surface area is 119 Å². The molecule has 20 heavy (non-hydrogen) atoms. The van der Waals surface area contributed by atoms with Crippen molar-refractivity contribution in [1.29, 1.82) is 0 Å². The summed E-state index contributed by atoms with van der Waals surface area (Å²) in [5.74, 6) is -0.0463. The highest BCUT2D eigenvalue weighted by Gasteiger charge is 2.17. The van der Waals surface area contributed by atoms with Crippen LogP contribution < -0.4 is 16.4 Å². The predicted molar refractivity (Wildman–Crippen MR) is 80.6 cm³/mol. The van der Waals surface area contributed by atoms with E-state index in [0.29, 0.717) is 23.6 Å². The molecule has 0 aliphatic rings. The third-order valence-corrected chi connectivity index (χ3v) is 3.13. The first-order valence-electron chi connectivity index (χ1n) is 6.75. The molecule has 5 heteroatoms. The molecule has 1 atom stereocenters. The lowest BCUT2D eigenvalue weighted by Crippen LogP contribution is -2.37. The minimum absolute atomic E-state index is 0.176. The van der Waals surface area contributed by atoms with Crippen LogP contribution in [-0.2, 0) is 4.79 Å². The van der Waals surface area contributed by atoms with E-state index in [0.717, 1.165) is 5.56 Å². The van der Waals surface area contributed by atoms with Crippen LogP contribution in [0, 0.1) is 12.8 Å². The molecule has 0 spiro atoms. The molecule has 5 nitrogen and oxygen atoms in total. The number of amides is 2. The molecule has 1 aromatic rings. The maximum atomic E-state index is 12.0. The highest BCUT2D eigenvalue weighted by atomic mass is 16.2. The summed E-state index contributed by atoms with van der Waals surface area (Å²) >= 11 is 0. The molecule has 0 aliphatic heterocycles. The molecule has 0 radical (unpaired) electrons. The van der Waals surface area contributed by atoms with Gasteiger partial charge in [-0.25, -0.2) is 0 Å². The van der Waals surface area contributed by atoms with Crippen molar-refractivity contribution in [1.82, 2.24) is 5.32 Å². The van der Waals surface area contributed by atoms with Gasteiger partial charge in [-0.3, -0.25) is 9.59 Å². The van der Waals surface area contributed by atoms with Crippen LogP contribution in [0.15, 0.2) is 18.2 Å². The van der Waals surface area contributed by atoms with Gasteiger partial charge >= 0.3 is 0 Å². The lowest BCUT2D eigenvalue weighted by atomic mass is 10.0. The van der Waals surface area contributed by atoms with Gasteiger partial charge in [-0.2, -0.15) is 0 Å². The van der Waals surface area contributed by atoms with Crippen LogP contribution in [0.5, 0.6) is 0 Å². The summed E-state index contributed by atoms with van der Waals surface area (Å²) in [5, 5.41) is 5.37. The van der Waals surface area contributed by atoms with Crippen molar-refractivity contribution >= 4 is 17.5 Å². The minimum Gasteiger partial charge on any atom is -0.355 e. The van der Waals surface area contributed by atoms with Crippen LogP contribution in [0.1, 0.15) is 36.2 Å². The maximum absolute atomic E-state index is 12.0. The lowest BCUT2D eigenvalue weighted by molar-refractivity contribution is -0.117. The van der Waals surface area contributed by atoms with E-state index in [1.54, 1.807) is 32.2 Å². The summed E-state index contributed by atoms with van der Waals surface area (Å²) in [7, 11) is 1.57. The zero-order valence-electron chi connectivity index (χ0n) is 12.5. The van der Waals surface area contributed by atoms with Crippen molar-refractivity contribution < 1.29 is 9.59 Å². The molecule has 4 N–H and O–H groups in total. The average Bonchev–Trinajstić information content (AvgIpc) is 2.39. The summed E-state index contributed by atoms with van der Waals surface area (Å²) in [6.07, 6.45) is 0.625. The minimum atomic E-state index is -0.543. The van der Waals surface area contributed by atoms with E-state index >= 15 is 0 Å². The fraction of sp³-hybridized carbons (Fsp3) is 0.467. The summed E-state index contributed by atoms with van der Waals surface area (Å²) in [4.78, 5) is 23.7. The SMILES string of the molecule is CNC(=O)c1cccc(NC(=O)[C@@H](N)CC(C)C)c1C. The molecule has 1 rings (SSSR count). The Bertz CT molecular complexity index is 498. The van der Waals surface area contributed by atoms with Crippen molar-refractivity contribution in [3.8, 4) is 0 Å². The Morgan fingerprint density at radius 3 is 2.50 bits per heavy atom. The first-order valence-corrected chi connectivity index (χ1v) is 6.75. The van der Waals surface area contributed by atoms with Gasteiger partial charge in [0.05, 0.1) is 6.04 Å². The Balaban J connectivity index is 2.88. The van der Waals surface area contributed by atoms with Gasteiger partial charge in [0, 0.05) is 18.3 Å². The Morgan fingerprint density at radius 2 is 1.95 bits per heavy atom. The van der Waals surface area contributed by atoms with Crippen LogP contribution >= 0.6 is 0 Å². The van der Waals surface area contributed by atoms with Gasteiger partial charge < -0.3 is 16.4 Å². The monoisotopic (exact) mass is 277 g/mol. The average molecular weight is 277 g/mol. The molecule has 110 valence electrons. The first kappa shape index (κ1) is 16.2. The van der Waals surface area contributed by atoms with Gasteiger partial charge in [-0.05, 0) is 37.0 Å². The summed E-state index contributed by atoms with van der Waals surface area (Å²) in [6.45, 7) is 5.84. The second-order valence-corrected chi connectivity index (χ2v) is 5.28. The molecular formula is C15H23N3O2. The second kappa shape index (κ2) is 7.05. The summed E-state index contributed by atoms with van der Waals surface area (Å²) < 4.78 is 0. The van der Waals surface area contributed by atoms with Crippen LogP contribution in [-0.4, -0.2) is 24.9 Å². The van der Waals surface area contributed by atoms with E-state index in [1.807, 2.05) is 13.8 Å². The van der Waals surface area contributed by atoms with Crippen LogP contribution in [0.3, 0.4) is 0 Å². The third-order valence-electron chi connectivity index (χ3n) is 3.13. The van der Waals surface area contributed by atoms with Gasteiger partial charge in [0.2, 0.25) is 5.91 Å². The second-order valence-electron chi connectivity index (χ2n) is 5.28. The van der Waals surface area contributed by atoms with E-state index in [1.165, 1.54) is 0 Å². The molecule has 0 heterocycles. The molecule has 0 aliphatic carbocycles. The number of carbonyl (C=O) groups is 2. The number of rotatable bonds is 5. The smallest absolute Gasteiger partial charge is 0.251 e. The molecule has 0 fully saturated rings. The van der Waals surface area contributed by atoms with Crippen LogP contribution in [0.4, 0.5) is 5.69 Å². The first-order chi connectivity index (χ1) is 9.36. The maximum Gasteiger partial charge on any atom is 0.251 e.